The van der Waals surface area contributed by atoms with Crippen molar-refractivity contribution >= 4 is 21.5 Å². The first-order valence-corrected chi connectivity index (χ1v) is 11.5. The van der Waals surface area contributed by atoms with Crippen LogP contribution >= 0.6 is 0 Å². The molecule has 0 bridgehead atoms. The summed E-state index contributed by atoms with van der Waals surface area (Å²) in [5.41, 5.74) is 1.85. The summed E-state index contributed by atoms with van der Waals surface area (Å²) >= 11 is 0. The van der Waals surface area contributed by atoms with Crippen molar-refractivity contribution in [3.8, 4) is 0 Å². The van der Waals surface area contributed by atoms with Gasteiger partial charge < -0.3 is 9.16 Å². The van der Waals surface area contributed by atoms with Gasteiger partial charge in [0.05, 0.1) is 5.56 Å². The molecule has 0 amide bonds. The van der Waals surface area contributed by atoms with Gasteiger partial charge in [-0.3, -0.25) is 4.79 Å². The smallest absolute Gasteiger partial charge is 0.338 e. The van der Waals surface area contributed by atoms with E-state index >= 15 is 0 Å². The third kappa shape index (κ3) is 5.42. The topological polar surface area (TPSA) is 52.6 Å². The average Bonchev–Trinajstić information content (AvgIpc) is 2.79. The predicted molar refractivity (Wildman–Crippen MR) is 127 cm³/mol. The molecule has 0 unspecified atom stereocenters. The summed E-state index contributed by atoms with van der Waals surface area (Å²) in [4.78, 5) is 24.5. The minimum Gasteiger partial charge on any atom is -0.454 e. The van der Waals surface area contributed by atoms with Crippen LogP contribution in [-0.2, 0) is 19.6 Å². The zero-order valence-electron chi connectivity index (χ0n) is 18.9. The molecule has 0 fully saturated rings. The molecule has 0 heterocycles. The summed E-state index contributed by atoms with van der Waals surface area (Å²) in [6.07, 6.45) is 0. The second-order valence-corrected chi connectivity index (χ2v) is 10.6. The Labute approximate surface area is 192 Å². The van der Waals surface area contributed by atoms with Crippen molar-refractivity contribution < 1.29 is 18.8 Å². The van der Waals surface area contributed by atoms with E-state index < -0.39 is 11.6 Å². The highest BCUT2D eigenvalue weighted by Crippen LogP contribution is 2.43. The second-order valence-electron chi connectivity index (χ2n) is 8.69. The summed E-state index contributed by atoms with van der Waals surface area (Å²) in [6, 6.07) is 27.1. The number of carbonyl (C=O) groups excluding carboxylic acids is 2. The maximum Gasteiger partial charge on any atom is 0.338 e. The van der Waals surface area contributed by atoms with E-state index in [1.807, 2.05) is 72.8 Å². The van der Waals surface area contributed by atoms with Crippen molar-refractivity contribution in [1.29, 1.82) is 0 Å². The lowest BCUT2D eigenvalue weighted by atomic mass is 9.78. The van der Waals surface area contributed by atoms with Crippen molar-refractivity contribution in [1.82, 2.24) is 0 Å². The van der Waals surface area contributed by atoms with Gasteiger partial charge in [0.25, 0.3) is 0 Å². The fraction of sp³-hybridized carbons (Fsp3) is 0.259. The normalized spacial score (nSPS) is 11.8. The molecule has 0 aliphatic heterocycles. The van der Waals surface area contributed by atoms with Gasteiger partial charge in [-0.2, -0.15) is 0 Å². The molecule has 0 aromatic heterocycles. The molecule has 3 aromatic rings. The van der Waals surface area contributed by atoms with Crippen LogP contribution in [-0.4, -0.2) is 28.1 Å². The van der Waals surface area contributed by atoms with Crippen LogP contribution in [0, 0.1) is 0 Å². The van der Waals surface area contributed by atoms with E-state index in [1.165, 1.54) is 6.92 Å². The first-order valence-electron chi connectivity index (χ1n) is 10.6. The molecular formula is C27H28O4Si. The SMILES string of the molecule is CC(=O)COC(=O)c1ccccc1C(O[Si]C(C)(C)C)(c1ccccc1)c1ccccc1. The lowest BCUT2D eigenvalue weighted by molar-refractivity contribution is -0.120. The summed E-state index contributed by atoms with van der Waals surface area (Å²) in [7, 11) is 0.150. The largest absolute Gasteiger partial charge is 0.454 e. The van der Waals surface area contributed by atoms with Gasteiger partial charge in [0.1, 0.15) is 12.2 Å². The predicted octanol–water partition coefficient (Wildman–Crippen LogP) is 5.58. The molecule has 3 aromatic carbocycles. The number of esters is 1. The maximum atomic E-state index is 13.1. The van der Waals surface area contributed by atoms with Crippen molar-refractivity contribution in [3.05, 3.63) is 107 Å². The fourth-order valence-electron chi connectivity index (χ4n) is 3.44. The van der Waals surface area contributed by atoms with E-state index in [0.29, 0.717) is 11.1 Å². The number of hydrogen-bond acceptors (Lipinski definition) is 4. The van der Waals surface area contributed by atoms with Gasteiger partial charge >= 0.3 is 5.97 Å². The lowest BCUT2D eigenvalue weighted by Crippen LogP contribution is -2.37. The highest BCUT2D eigenvalue weighted by atomic mass is 28.2. The summed E-state index contributed by atoms with van der Waals surface area (Å²) < 4.78 is 12.1. The van der Waals surface area contributed by atoms with Crippen molar-refractivity contribution in [3.63, 3.8) is 0 Å². The van der Waals surface area contributed by atoms with E-state index in [1.54, 1.807) is 12.1 Å². The van der Waals surface area contributed by atoms with Crippen LogP contribution in [0.4, 0.5) is 0 Å². The van der Waals surface area contributed by atoms with Gasteiger partial charge in [-0.15, -0.1) is 0 Å². The van der Waals surface area contributed by atoms with E-state index in [0.717, 1.165) is 11.1 Å². The molecule has 0 saturated heterocycles. The summed E-state index contributed by atoms with van der Waals surface area (Å²) in [5, 5.41) is -0.0844. The van der Waals surface area contributed by atoms with E-state index in [4.69, 9.17) is 9.16 Å². The zero-order chi connectivity index (χ0) is 23.2. The first kappa shape index (κ1) is 23.6. The van der Waals surface area contributed by atoms with Gasteiger partial charge in [0.15, 0.2) is 5.78 Å². The highest BCUT2D eigenvalue weighted by Gasteiger charge is 2.41. The minimum atomic E-state index is -1.03. The van der Waals surface area contributed by atoms with Gasteiger partial charge in [-0.1, -0.05) is 99.6 Å². The molecule has 2 radical (unpaired) electrons. The molecule has 0 saturated carbocycles. The third-order valence-corrected chi connectivity index (χ3v) is 5.82. The van der Waals surface area contributed by atoms with E-state index in [2.05, 4.69) is 20.8 Å². The van der Waals surface area contributed by atoms with E-state index in [-0.39, 0.29) is 27.2 Å². The van der Waals surface area contributed by atoms with Crippen molar-refractivity contribution in [2.24, 2.45) is 0 Å². The molecule has 32 heavy (non-hydrogen) atoms. The van der Waals surface area contributed by atoms with Crippen LogP contribution < -0.4 is 0 Å². The Bertz CT molecular complexity index is 1020. The van der Waals surface area contributed by atoms with Crippen LogP contribution in [0.2, 0.25) is 5.04 Å². The Hall–Kier alpha value is -3.02. The summed E-state index contributed by atoms with van der Waals surface area (Å²) in [6.45, 7) is 7.50. The number of Topliss-reactive ketones (excluding diaryl/α,β-unsaturated/α-hetero) is 1. The molecule has 5 heteroatoms. The Kier molecular flexibility index (Phi) is 7.43. The van der Waals surface area contributed by atoms with Gasteiger partial charge in [0.2, 0.25) is 9.76 Å². The molecule has 4 nitrogen and oxygen atoms in total. The molecule has 0 aliphatic carbocycles. The number of ether oxygens (including phenoxy) is 1. The monoisotopic (exact) mass is 444 g/mol. The van der Waals surface area contributed by atoms with Gasteiger partial charge in [-0.05, 0) is 29.2 Å². The molecule has 0 aliphatic rings. The third-order valence-electron chi connectivity index (χ3n) is 4.80. The Morgan fingerprint density at radius 1 is 0.781 bits per heavy atom. The standard InChI is InChI=1S/C27H28O4Si/c1-20(28)19-30-25(29)23-17-11-12-18-24(23)27(31-32-26(2,3)4,21-13-7-5-8-14-21)22-15-9-6-10-16-22/h5-18H,19H2,1-4H3. The number of benzene rings is 3. The van der Waals surface area contributed by atoms with Crippen LogP contribution in [0.15, 0.2) is 84.9 Å². The maximum absolute atomic E-state index is 13.1. The fourth-order valence-corrected chi connectivity index (χ4v) is 4.24. The van der Waals surface area contributed by atoms with E-state index in [9.17, 15) is 9.59 Å². The van der Waals surface area contributed by atoms with Crippen LogP contribution in [0.3, 0.4) is 0 Å². The molecule has 0 N–H and O–H groups in total. The first-order chi connectivity index (χ1) is 15.2. The molecule has 164 valence electrons. The number of ketones is 1. The summed E-state index contributed by atoms with van der Waals surface area (Å²) in [5.74, 6) is -0.756. The Balaban J connectivity index is 2.28. The molecular weight excluding hydrogens is 416 g/mol. The quantitative estimate of drug-likeness (QED) is 0.259. The molecule has 0 atom stereocenters. The van der Waals surface area contributed by atoms with Crippen LogP contribution in [0.5, 0.6) is 0 Å². The van der Waals surface area contributed by atoms with Crippen LogP contribution in [0.1, 0.15) is 54.7 Å². The second kappa shape index (κ2) is 10.1. The van der Waals surface area contributed by atoms with Gasteiger partial charge in [0, 0.05) is 5.56 Å². The molecule has 0 spiro atoms. The van der Waals surface area contributed by atoms with Crippen LogP contribution in [0.25, 0.3) is 0 Å². The van der Waals surface area contributed by atoms with Crippen molar-refractivity contribution in [2.75, 3.05) is 6.61 Å². The van der Waals surface area contributed by atoms with Crippen molar-refractivity contribution in [2.45, 2.75) is 38.3 Å². The number of hydrogen-bond donors (Lipinski definition) is 0. The Morgan fingerprint density at radius 3 is 1.78 bits per heavy atom. The minimum absolute atomic E-state index is 0.0844. The highest BCUT2D eigenvalue weighted by molar-refractivity contribution is 6.32. The lowest BCUT2D eigenvalue weighted by Gasteiger charge is -2.38. The zero-order valence-corrected chi connectivity index (χ0v) is 19.9. The Morgan fingerprint density at radius 2 is 1.28 bits per heavy atom. The molecule has 3 rings (SSSR count). The van der Waals surface area contributed by atoms with Gasteiger partial charge in [-0.25, -0.2) is 4.79 Å². The average molecular weight is 445 g/mol. The number of carbonyl (C=O) groups is 2. The number of rotatable bonds is 8.